The minimum absolute atomic E-state index is 0.0891. The molecule has 2 rings (SSSR count). The van der Waals surface area contributed by atoms with Crippen molar-refractivity contribution < 1.29 is 13.5 Å². The average molecular weight is 350 g/mol. The van der Waals surface area contributed by atoms with Crippen LogP contribution >= 0.6 is 0 Å². The predicted molar refractivity (Wildman–Crippen MR) is 92.5 cm³/mol. The Hall–Kier alpha value is -2.15. The first-order valence-corrected chi connectivity index (χ1v) is 8.14. The zero-order chi connectivity index (χ0) is 18.6. The van der Waals surface area contributed by atoms with Gasteiger partial charge in [0.25, 0.3) is 6.43 Å². The van der Waals surface area contributed by atoms with Gasteiger partial charge in [-0.2, -0.15) is 0 Å². The van der Waals surface area contributed by atoms with E-state index in [0.29, 0.717) is 18.0 Å². The number of nitrogens with two attached hydrogens (primary N) is 1. The lowest BCUT2D eigenvalue weighted by Crippen LogP contribution is -2.35. The molecule has 0 bridgehead atoms. The van der Waals surface area contributed by atoms with Gasteiger partial charge in [0, 0.05) is 11.2 Å². The van der Waals surface area contributed by atoms with Gasteiger partial charge in [0.05, 0.1) is 29.8 Å². The van der Waals surface area contributed by atoms with Gasteiger partial charge >= 0.3 is 0 Å². The largest absolute Gasteiger partial charge is 0.491 e. The van der Waals surface area contributed by atoms with Gasteiger partial charge in [-0.3, -0.25) is 4.98 Å². The molecule has 0 fully saturated rings. The molecule has 0 unspecified atom stereocenters. The van der Waals surface area contributed by atoms with Crippen molar-refractivity contribution in [2.75, 3.05) is 6.61 Å². The summed E-state index contributed by atoms with van der Waals surface area (Å²) in [5.41, 5.74) is 7.06. The first kappa shape index (κ1) is 19.2. The molecule has 0 aromatic carbocycles. The quantitative estimate of drug-likeness (QED) is 0.819. The molecule has 0 saturated heterocycles. The van der Waals surface area contributed by atoms with Gasteiger partial charge in [-0.1, -0.05) is 6.92 Å². The molecule has 0 aliphatic rings. The molecule has 2 heterocycles. The van der Waals surface area contributed by atoms with E-state index in [9.17, 15) is 8.78 Å². The summed E-state index contributed by atoms with van der Waals surface area (Å²) in [6.45, 7) is 7.93. The van der Waals surface area contributed by atoms with E-state index in [4.69, 9.17) is 10.5 Å². The van der Waals surface area contributed by atoms with Crippen LogP contribution in [-0.4, -0.2) is 27.1 Å². The van der Waals surface area contributed by atoms with Crippen molar-refractivity contribution in [2.45, 2.75) is 46.1 Å². The normalized spacial score (nSPS) is 13.1. The number of pyridine rings is 1. The van der Waals surface area contributed by atoms with Crippen LogP contribution in [0.25, 0.3) is 11.4 Å². The number of alkyl halides is 2. The third kappa shape index (κ3) is 5.70. The number of aromatic nitrogens is 3. The molecule has 0 amide bonds. The molecule has 0 aliphatic carbocycles. The molecule has 0 spiro atoms. The zero-order valence-electron chi connectivity index (χ0n) is 15.0. The third-order valence-corrected chi connectivity index (χ3v) is 3.60. The lowest BCUT2D eigenvalue weighted by molar-refractivity contribution is 0.142. The Morgan fingerprint density at radius 1 is 1.16 bits per heavy atom. The topological polar surface area (TPSA) is 73.9 Å². The van der Waals surface area contributed by atoms with Crippen LogP contribution in [0.2, 0.25) is 0 Å². The second-order valence-corrected chi connectivity index (χ2v) is 7.06. The average Bonchev–Trinajstić information content (AvgIpc) is 2.51. The van der Waals surface area contributed by atoms with E-state index in [1.54, 1.807) is 13.0 Å². The Labute approximate surface area is 146 Å². The molecule has 136 valence electrons. The summed E-state index contributed by atoms with van der Waals surface area (Å²) in [5.74, 6) is 0.223. The molecule has 2 N–H and O–H groups in total. The number of hydrogen-bond acceptors (Lipinski definition) is 5. The van der Waals surface area contributed by atoms with Gasteiger partial charge < -0.3 is 10.5 Å². The van der Waals surface area contributed by atoms with Crippen LogP contribution in [0, 0.1) is 12.8 Å². The van der Waals surface area contributed by atoms with E-state index < -0.39 is 6.43 Å². The summed E-state index contributed by atoms with van der Waals surface area (Å²) in [6.07, 6.45) is 0.771. The van der Waals surface area contributed by atoms with Crippen molar-refractivity contribution in [2.24, 2.45) is 11.7 Å². The van der Waals surface area contributed by atoms with Crippen molar-refractivity contribution in [1.29, 1.82) is 0 Å². The summed E-state index contributed by atoms with van der Waals surface area (Å²) in [7, 11) is 0. The molecule has 0 aliphatic heterocycles. The number of halogens is 2. The Kier molecular flexibility index (Phi) is 6.00. The fraction of sp³-hybridized carbons (Fsp3) is 0.500. The lowest BCUT2D eigenvalue weighted by atomic mass is 9.93. The first-order chi connectivity index (χ1) is 11.7. The Morgan fingerprint density at radius 3 is 2.44 bits per heavy atom. The fourth-order valence-electron chi connectivity index (χ4n) is 2.67. The molecule has 25 heavy (non-hydrogen) atoms. The van der Waals surface area contributed by atoms with Crippen LogP contribution in [-0.2, 0) is 0 Å². The van der Waals surface area contributed by atoms with Gasteiger partial charge in [0.2, 0.25) is 0 Å². The van der Waals surface area contributed by atoms with E-state index in [1.165, 1.54) is 18.6 Å². The Bertz CT molecular complexity index is 716. The Balaban J connectivity index is 2.19. The minimum Gasteiger partial charge on any atom is -0.491 e. The summed E-state index contributed by atoms with van der Waals surface area (Å²) in [5, 5.41) is 0. The fourth-order valence-corrected chi connectivity index (χ4v) is 2.67. The lowest BCUT2D eigenvalue weighted by Gasteiger charge is -2.23. The molecule has 0 saturated carbocycles. The maximum Gasteiger partial charge on any atom is 0.267 e. The van der Waals surface area contributed by atoms with Crippen molar-refractivity contribution in [1.82, 2.24) is 15.0 Å². The molecule has 5 nitrogen and oxygen atoms in total. The molecule has 1 atom stereocenters. The molecular weight excluding hydrogens is 326 g/mol. The summed E-state index contributed by atoms with van der Waals surface area (Å²) in [4.78, 5) is 12.3. The summed E-state index contributed by atoms with van der Waals surface area (Å²) >= 11 is 0. The molecular formula is C18H24F2N4O. The number of rotatable bonds is 7. The number of nitrogens with zero attached hydrogens (tertiary/aromatic N) is 3. The molecule has 2 aromatic rings. The van der Waals surface area contributed by atoms with E-state index >= 15 is 0 Å². The Morgan fingerprint density at radius 2 is 1.84 bits per heavy atom. The van der Waals surface area contributed by atoms with E-state index in [-0.39, 0.29) is 22.8 Å². The van der Waals surface area contributed by atoms with Crippen molar-refractivity contribution >= 4 is 0 Å². The van der Waals surface area contributed by atoms with Crippen LogP contribution in [0.5, 0.6) is 5.75 Å². The highest BCUT2D eigenvalue weighted by Crippen LogP contribution is 2.32. The van der Waals surface area contributed by atoms with Crippen LogP contribution in [0.3, 0.4) is 0 Å². The monoisotopic (exact) mass is 350 g/mol. The predicted octanol–water partition coefficient (Wildman–Crippen LogP) is 3.93. The van der Waals surface area contributed by atoms with Crippen molar-refractivity contribution in [3.8, 4) is 17.1 Å². The minimum atomic E-state index is -2.67. The van der Waals surface area contributed by atoms with Crippen LogP contribution in [0.15, 0.2) is 24.7 Å². The SMILES string of the molecule is Cc1cc(-c2cc(C(F)F)c(OC[C@@H](C)CC(C)(C)N)cn2)ncn1. The zero-order valence-corrected chi connectivity index (χ0v) is 15.0. The van der Waals surface area contributed by atoms with Gasteiger partial charge in [-0.05, 0) is 45.2 Å². The molecule has 2 aromatic heterocycles. The van der Waals surface area contributed by atoms with E-state index in [1.807, 2.05) is 20.8 Å². The highest BCUT2D eigenvalue weighted by molar-refractivity contribution is 5.57. The van der Waals surface area contributed by atoms with Crippen LogP contribution in [0.4, 0.5) is 8.78 Å². The van der Waals surface area contributed by atoms with Crippen LogP contribution < -0.4 is 10.5 Å². The van der Waals surface area contributed by atoms with Gasteiger partial charge in [-0.25, -0.2) is 18.7 Å². The maximum atomic E-state index is 13.4. The second-order valence-electron chi connectivity index (χ2n) is 7.06. The highest BCUT2D eigenvalue weighted by Gasteiger charge is 2.20. The van der Waals surface area contributed by atoms with E-state index in [0.717, 1.165) is 12.1 Å². The first-order valence-electron chi connectivity index (χ1n) is 8.14. The summed E-state index contributed by atoms with van der Waals surface area (Å²) in [6, 6.07) is 3.02. The summed E-state index contributed by atoms with van der Waals surface area (Å²) < 4.78 is 32.5. The van der Waals surface area contributed by atoms with Gasteiger partial charge in [0.1, 0.15) is 12.1 Å². The second kappa shape index (κ2) is 7.82. The number of ether oxygens (including phenoxy) is 1. The number of aryl methyl sites for hydroxylation is 1. The highest BCUT2D eigenvalue weighted by atomic mass is 19.3. The van der Waals surface area contributed by atoms with Gasteiger partial charge in [-0.15, -0.1) is 0 Å². The maximum absolute atomic E-state index is 13.4. The molecule has 7 heteroatoms. The number of hydrogen-bond donors (Lipinski definition) is 1. The standard InChI is InChI=1S/C18H24F2N4O/c1-11(7-18(3,4)21)9-25-16-8-22-15(6-13(16)17(19)20)14-5-12(2)23-10-24-14/h5-6,8,10-11,17H,7,9,21H2,1-4H3/t11-/m0/s1. The smallest absolute Gasteiger partial charge is 0.267 e. The van der Waals surface area contributed by atoms with Crippen molar-refractivity contribution in [3.63, 3.8) is 0 Å². The van der Waals surface area contributed by atoms with Gasteiger partial charge in [0.15, 0.2) is 0 Å². The van der Waals surface area contributed by atoms with E-state index in [2.05, 4.69) is 15.0 Å². The molecule has 0 radical (unpaired) electrons. The van der Waals surface area contributed by atoms with Crippen molar-refractivity contribution in [3.05, 3.63) is 35.9 Å². The van der Waals surface area contributed by atoms with Crippen LogP contribution in [0.1, 0.15) is 44.9 Å². The third-order valence-electron chi connectivity index (χ3n) is 3.60.